The first-order valence-electron chi connectivity index (χ1n) is 7.42. The van der Waals surface area contributed by atoms with Gasteiger partial charge in [-0.25, -0.2) is 4.39 Å². The first-order valence-corrected chi connectivity index (χ1v) is 7.42. The van der Waals surface area contributed by atoms with Crippen LogP contribution in [0.25, 0.3) is 0 Å². The Labute approximate surface area is 127 Å². The van der Waals surface area contributed by atoms with Crippen LogP contribution in [0.2, 0.25) is 0 Å². The van der Waals surface area contributed by atoms with Crippen molar-refractivity contribution in [2.24, 2.45) is 5.92 Å². The van der Waals surface area contributed by atoms with Crippen LogP contribution in [-0.4, -0.2) is 47.7 Å². The number of carbonyl (C=O) groups is 2. The number of hydrogen-bond acceptors (Lipinski definition) is 3. The number of halogens is 1. The van der Waals surface area contributed by atoms with Gasteiger partial charge in [-0.1, -0.05) is 12.1 Å². The van der Waals surface area contributed by atoms with E-state index in [0.29, 0.717) is 19.7 Å². The summed E-state index contributed by atoms with van der Waals surface area (Å²) in [6, 6.07) is 6.26. The molecule has 0 bridgehead atoms. The summed E-state index contributed by atoms with van der Waals surface area (Å²) in [5.41, 5.74) is 0.982. The summed E-state index contributed by atoms with van der Waals surface area (Å²) in [5, 5.41) is 8.81. The molecule has 2 fully saturated rings. The van der Waals surface area contributed by atoms with Crippen molar-refractivity contribution in [3.8, 4) is 0 Å². The summed E-state index contributed by atoms with van der Waals surface area (Å²) < 4.78 is 18.3. The van der Waals surface area contributed by atoms with E-state index in [9.17, 15) is 14.0 Å². The highest BCUT2D eigenvalue weighted by molar-refractivity contribution is 5.83. The number of carboxylic acid groups (broad SMARTS) is 1. The molecule has 6 heteroatoms. The number of morpholine rings is 1. The Hall–Kier alpha value is -1.95. The Morgan fingerprint density at radius 3 is 2.73 bits per heavy atom. The van der Waals surface area contributed by atoms with Crippen molar-refractivity contribution in [2.45, 2.75) is 24.9 Å². The average molecular weight is 307 g/mol. The van der Waals surface area contributed by atoms with Gasteiger partial charge in [0.2, 0.25) is 5.91 Å². The van der Waals surface area contributed by atoms with Crippen LogP contribution in [-0.2, 0) is 14.3 Å². The standard InChI is InChI=1S/C16H18FNO4/c17-11-3-1-10(2-4-11)13-8-14(13)16(21)18-5-6-22-12(9-18)7-15(19)20/h1-4,12-14H,5-9H2,(H,19,20)/t12-,13+,14-/m1/s1. The lowest BCUT2D eigenvalue weighted by Gasteiger charge is -2.32. The summed E-state index contributed by atoms with van der Waals surface area (Å²) in [4.78, 5) is 24.9. The zero-order valence-corrected chi connectivity index (χ0v) is 12.1. The molecule has 1 saturated heterocycles. The van der Waals surface area contributed by atoms with Gasteiger partial charge in [-0.2, -0.15) is 0 Å². The molecule has 1 N–H and O–H groups in total. The quantitative estimate of drug-likeness (QED) is 0.918. The number of carbonyl (C=O) groups excluding carboxylic acids is 1. The largest absolute Gasteiger partial charge is 0.481 e. The lowest BCUT2D eigenvalue weighted by atomic mass is 10.1. The molecule has 1 aliphatic heterocycles. The van der Waals surface area contributed by atoms with Crippen LogP contribution >= 0.6 is 0 Å². The molecule has 118 valence electrons. The third-order valence-corrected chi connectivity index (χ3v) is 4.26. The van der Waals surface area contributed by atoms with Crippen LogP contribution < -0.4 is 0 Å². The third kappa shape index (κ3) is 3.27. The Bertz CT molecular complexity index is 574. The first kappa shape index (κ1) is 15.0. The van der Waals surface area contributed by atoms with Crippen molar-refractivity contribution in [3.05, 3.63) is 35.6 Å². The second kappa shape index (κ2) is 6.04. The monoisotopic (exact) mass is 307 g/mol. The van der Waals surface area contributed by atoms with Crippen LogP contribution in [0.4, 0.5) is 4.39 Å². The Morgan fingerprint density at radius 2 is 2.05 bits per heavy atom. The lowest BCUT2D eigenvalue weighted by Crippen LogP contribution is -2.47. The van der Waals surface area contributed by atoms with E-state index in [1.807, 2.05) is 0 Å². The molecule has 0 radical (unpaired) electrons. The van der Waals surface area contributed by atoms with E-state index in [0.717, 1.165) is 12.0 Å². The molecule has 3 rings (SSSR count). The van der Waals surface area contributed by atoms with E-state index >= 15 is 0 Å². The van der Waals surface area contributed by atoms with Crippen molar-refractivity contribution in [1.82, 2.24) is 4.90 Å². The maximum absolute atomic E-state index is 12.9. The van der Waals surface area contributed by atoms with Crippen molar-refractivity contribution in [1.29, 1.82) is 0 Å². The molecule has 1 heterocycles. The smallest absolute Gasteiger partial charge is 0.306 e. The van der Waals surface area contributed by atoms with Crippen molar-refractivity contribution < 1.29 is 23.8 Å². The van der Waals surface area contributed by atoms with Crippen molar-refractivity contribution in [3.63, 3.8) is 0 Å². The highest BCUT2D eigenvalue weighted by atomic mass is 19.1. The molecule has 1 amide bonds. The minimum absolute atomic E-state index is 0.0491. The summed E-state index contributed by atoms with van der Waals surface area (Å²) in [6.45, 7) is 1.21. The normalized spacial score (nSPS) is 27.5. The van der Waals surface area contributed by atoms with Gasteiger partial charge in [-0.05, 0) is 30.0 Å². The molecule has 1 aromatic rings. The van der Waals surface area contributed by atoms with Gasteiger partial charge < -0.3 is 14.7 Å². The zero-order chi connectivity index (χ0) is 15.7. The van der Waals surface area contributed by atoms with Gasteiger partial charge in [0.05, 0.1) is 19.1 Å². The molecule has 0 spiro atoms. The third-order valence-electron chi connectivity index (χ3n) is 4.26. The Balaban J connectivity index is 1.58. The molecule has 1 aromatic carbocycles. The first-order chi connectivity index (χ1) is 10.5. The molecule has 1 aliphatic carbocycles. The molecular weight excluding hydrogens is 289 g/mol. The molecule has 0 aromatic heterocycles. The number of carboxylic acids is 1. The SMILES string of the molecule is O=C(O)C[C@@H]1CN(C(=O)[C@@H]2C[C@H]2c2ccc(F)cc2)CCO1. The van der Waals surface area contributed by atoms with Gasteiger partial charge >= 0.3 is 5.97 Å². The van der Waals surface area contributed by atoms with Crippen molar-refractivity contribution in [2.75, 3.05) is 19.7 Å². The Kier molecular flexibility index (Phi) is 4.11. The van der Waals surface area contributed by atoms with E-state index in [1.54, 1.807) is 17.0 Å². The van der Waals surface area contributed by atoms with E-state index in [4.69, 9.17) is 9.84 Å². The maximum atomic E-state index is 12.9. The minimum atomic E-state index is -0.921. The van der Waals surface area contributed by atoms with Crippen LogP contribution in [0.3, 0.4) is 0 Å². The summed E-state index contributed by atoms with van der Waals surface area (Å²) in [7, 11) is 0. The number of aliphatic carboxylic acids is 1. The number of ether oxygens (including phenoxy) is 1. The van der Waals surface area contributed by atoms with E-state index in [2.05, 4.69) is 0 Å². The fourth-order valence-corrected chi connectivity index (χ4v) is 3.02. The van der Waals surface area contributed by atoms with Gasteiger partial charge in [0.1, 0.15) is 5.82 Å². The number of rotatable bonds is 4. The zero-order valence-electron chi connectivity index (χ0n) is 12.1. The second-order valence-corrected chi connectivity index (χ2v) is 5.88. The maximum Gasteiger partial charge on any atom is 0.306 e. The van der Waals surface area contributed by atoms with Crippen LogP contribution in [0.5, 0.6) is 0 Å². The second-order valence-electron chi connectivity index (χ2n) is 5.88. The molecule has 5 nitrogen and oxygen atoms in total. The van der Waals surface area contributed by atoms with Gasteiger partial charge in [-0.3, -0.25) is 9.59 Å². The summed E-state index contributed by atoms with van der Waals surface area (Å²) in [5.74, 6) is -1.08. The predicted molar refractivity (Wildman–Crippen MR) is 75.8 cm³/mol. The topological polar surface area (TPSA) is 66.8 Å². The van der Waals surface area contributed by atoms with E-state index in [1.165, 1.54) is 12.1 Å². The van der Waals surface area contributed by atoms with Gasteiger partial charge in [0.25, 0.3) is 0 Å². The number of nitrogens with zero attached hydrogens (tertiary/aromatic N) is 1. The van der Waals surface area contributed by atoms with Gasteiger partial charge in [0, 0.05) is 19.0 Å². The van der Waals surface area contributed by atoms with Gasteiger partial charge in [0.15, 0.2) is 0 Å². The fraction of sp³-hybridized carbons (Fsp3) is 0.500. The van der Waals surface area contributed by atoms with Gasteiger partial charge in [-0.15, -0.1) is 0 Å². The fourth-order valence-electron chi connectivity index (χ4n) is 3.02. The number of benzene rings is 1. The summed E-state index contributed by atoms with van der Waals surface area (Å²) >= 11 is 0. The molecular formula is C16H18FNO4. The highest BCUT2D eigenvalue weighted by Crippen LogP contribution is 2.48. The number of hydrogen-bond donors (Lipinski definition) is 1. The van der Waals surface area contributed by atoms with Crippen LogP contribution in [0.1, 0.15) is 24.3 Å². The molecule has 3 atom stereocenters. The van der Waals surface area contributed by atoms with Crippen molar-refractivity contribution >= 4 is 11.9 Å². The average Bonchev–Trinajstić information content (AvgIpc) is 3.27. The van der Waals surface area contributed by atoms with Crippen LogP contribution in [0.15, 0.2) is 24.3 Å². The van der Waals surface area contributed by atoms with Crippen LogP contribution in [0, 0.1) is 11.7 Å². The highest BCUT2D eigenvalue weighted by Gasteiger charge is 2.46. The molecule has 2 aliphatic rings. The summed E-state index contributed by atoms with van der Waals surface area (Å²) in [6.07, 6.45) is 0.250. The molecule has 1 saturated carbocycles. The van der Waals surface area contributed by atoms with E-state index in [-0.39, 0.29) is 30.0 Å². The lowest BCUT2D eigenvalue weighted by molar-refractivity contribution is -0.148. The minimum Gasteiger partial charge on any atom is -0.481 e. The molecule has 0 unspecified atom stereocenters. The predicted octanol–water partition coefficient (Wildman–Crippen LogP) is 1.63. The van der Waals surface area contributed by atoms with E-state index < -0.39 is 12.1 Å². The Morgan fingerprint density at radius 1 is 1.32 bits per heavy atom. The number of amides is 1. The molecule has 22 heavy (non-hydrogen) atoms.